The van der Waals surface area contributed by atoms with Gasteiger partial charge in [0.15, 0.2) is 0 Å². The summed E-state index contributed by atoms with van der Waals surface area (Å²) >= 11 is 0. The second-order valence-corrected chi connectivity index (χ2v) is 3.28. The Morgan fingerprint density at radius 2 is 2.25 bits per heavy atom. The highest BCUT2D eigenvalue weighted by molar-refractivity contribution is 5.12. The Balaban J connectivity index is 2.47. The first-order valence-electron chi connectivity index (χ1n) is 4.44. The van der Waals surface area contributed by atoms with Gasteiger partial charge in [-0.25, -0.2) is 0 Å². The fraction of sp³-hybridized carbons (Fsp3) is 0.600. The van der Waals surface area contributed by atoms with E-state index in [1.54, 1.807) is 0 Å². The lowest BCUT2D eigenvalue weighted by atomic mass is 9.91. The van der Waals surface area contributed by atoms with Crippen LogP contribution in [0, 0.1) is 5.92 Å². The summed E-state index contributed by atoms with van der Waals surface area (Å²) in [5.74, 6) is 0.275. The first-order chi connectivity index (χ1) is 5.75. The molecule has 0 heterocycles. The monoisotopic (exact) mass is 167 g/mol. The standard InChI is InChI=1S/C10H17NO/c1-8(11-2)10(12)9-6-4-3-5-7-9/h3-6,8-12H,7H2,1-2H3/t8-,9+,10+/m0/s1. The number of hydrogen-bond donors (Lipinski definition) is 2. The lowest BCUT2D eigenvalue weighted by molar-refractivity contribution is 0.0975. The number of allylic oxidation sites excluding steroid dienone is 3. The zero-order valence-corrected chi connectivity index (χ0v) is 7.70. The normalized spacial score (nSPS) is 27.1. The van der Waals surface area contributed by atoms with E-state index < -0.39 is 0 Å². The second-order valence-electron chi connectivity index (χ2n) is 3.28. The van der Waals surface area contributed by atoms with Crippen LogP contribution in [0.3, 0.4) is 0 Å². The molecule has 1 rings (SSSR count). The Bertz CT molecular complexity index is 186. The highest BCUT2D eigenvalue weighted by Crippen LogP contribution is 2.17. The zero-order chi connectivity index (χ0) is 8.97. The van der Waals surface area contributed by atoms with Gasteiger partial charge in [-0.15, -0.1) is 0 Å². The van der Waals surface area contributed by atoms with E-state index in [-0.39, 0.29) is 18.1 Å². The molecule has 0 bridgehead atoms. The SMILES string of the molecule is CN[C@@H](C)[C@@H](O)[C@@H]1C=CC=CC1. The molecule has 0 radical (unpaired) electrons. The van der Waals surface area contributed by atoms with Gasteiger partial charge in [0.25, 0.3) is 0 Å². The number of hydrogen-bond acceptors (Lipinski definition) is 2. The average molecular weight is 167 g/mol. The van der Waals surface area contributed by atoms with Crippen LogP contribution in [-0.4, -0.2) is 24.3 Å². The Kier molecular flexibility index (Phi) is 3.50. The average Bonchev–Trinajstić information content (AvgIpc) is 2.17. The first-order valence-corrected chi connectivity index (χ1v) is 4.44. The molecule has 0 aliphatic heterocycles. The predicted octanol–water partition coefficient (Wildman–Crippen LogP) is 1.09. The van der Waals surface area contributed by atoms with Gasteiger partial charge in [-0.1, -0.05) is 24.3 Å². The molecule has 2 nitrogen and oxygen atoms in total. The summed E-state index contributed by atoms with van der Waals surface area (Å²) in [6, 6.07) is 0.158. The van der Waals surface area contributed by atoms with E-state index >= 15 is 0 Å². The van der Waals surface area contributed by atoms with Gasteiger partial charge >= 0.3 is 0 Å². The van der Waals surface area contributed by atoms with E-state index in [4.69, 9.17) is 0 Å². The third-order valence-corrected chi connectivity index (χ3v) is 2.42. The van der Waals surface area contributed by atoms with Crippen LogP contribution >= 0.6 is 0 Å². The van der Waals surface area contributed by atoms with E-state index in [0.29, 0.717) is 0 Å². The van der Waals surface area contributed by atoms with Crippen molar-refractivity contribution in [3.63, 3.8) is 0 Å². The summed E-state index contributed by atoms with van der Waals surface area (Å²) in [6.07, 6.45) is 8.85. The molecule has 0 saturated carbocycles. The topological polar surface area (TPSA) is 32.3 Å². The molecule has 2 N–H and O–H groups in total. The van der Waals surface area contributed by atoms with Crippen molar-refractivity contribution in [3.8, 4) is 0 Å². The lowest BCUT2D eigenvalue weighted by Crippen LogP contribution is -2.39. The van der Waals surface area contributed by atoms with Crippen LogP contribution in [0.15, 0.2) is 24.3 Å². The van der Waals surface area contributed by atoms with E-state index in [0.717, 1.165) is 6.42 Å². The van der Waals surface area contributed by atoms with E-state index in [2.05, 4.69) is 17.5 Å². The van der Waals surface area contributed by atoms with Crippen molar-refractivity contribution in [3.05, 3.63) is 24.3 Å². The quantitative estimate of drug-likeness (QED) is 0.659. The van der Waals surface area contributed by atoms with Gasteiger partial charge in [0.2, 0.25) is 0 Å². The van der Waals surface area contributed by atoms with Crippen molar-refractivity contribution in [2.75, 3.05) is 7.05 Å². The van der Waals surface area contributed by atoms with Crippen molar-refractivity contribution in [1.29, 1.82) is 0 Å². The maximum absolute atomic E-state index is 9.79. The predicted molar refractivity (Wildman–Crippen MR) is 50.9 cm³/mol. The Morgan fingerprint density at radius 1 is 1.50 bits per heavy atom. The molecule has 2 heteroatoms. The fourth-order valence-corrected chi connectivity index (χ4v) is 1.39. The second kappa shape index (κ2) is 4.43. The third kappa shape index (κ3) is 2.19. The van der Waals surface area contributed by atoms with Gasteiger partial charge in [0.05, 0.1) is 6.10 Å². The number of aliphatic hydroxyl groups is 1. The lowest BCUT2D eigenvalue weighted by Gasteiger charge is -2.25. The van der Waals surface area contributed by atoms with Crippen LogP contribution in [-0.2, 0) is 0 Å². The van der Waals surface area contributed by atoms with Crippen molar-refractivity contribution in [1.82, 2.24) is 5.32 Å². The van der Waals surface area contributed by atoms with Crippen molar-refractivity contribution in [2.24, 2.45) is 5.92 Å². The highest BCUT2D eigenvalue weighted by Gasteiger charge is 2.21. The third-order valence-electron chi connectivity index (χ3n) is 2.42. The van der Waals surface area contributed by atoms with Gasteiger partial charge < -0.3 is 10.4 Å². The largest absolute Gasteiger partial charge is 0.391 e. The molecule has 0 fully saturated rings. The number of rotatable bonds is 3. The molecule has 0 amide bonds. The van der Waals surface area contributed by atoms with Gasteiger partial charge in [-0.05, 0) is 20.4 Å². The van der Waals surface area contributed by atoms with Crippen LogP contribution in [0.4, 0.5) is 0 Å². The first kappa shape index (κ1) is 9.49. The molecular weight excluding hydrogens is 150 g/mol. The summed E-state index contributed by atoms with van der Waals surface area (Å²) in [6.45, 7) is 2.00. The minimum absolute atomic E-state index is 0.158. The van der Waals surface area contributed by atoms with Crippen LogP contribution < -0.4 is 5.32 Å². The van der Waals surface area contributed by atoms with Crippen LogP contribution in [0.25, 0.3) is 0 Å². The maximum atomic E-state index is 9.79. The Labute approximate surface area is 74.0 Å². The van der Waals surface area contributed by atoms with Crippen LogP contribution in [0.2, 0.25) is 0 Å². The van der Waals surface area contributed by atoms with E-state index in [1.165, 1.54) is 0 Å². The summed E-state index contributed by atoms with van der Waals surface area (Å²) in [5, 5.41) is 12.8. The smallest absolute Gasteiger partial charge is 0.0755 e. The highest BCUT2D eigenvalue weighted by atomic mass is 16.3. The number of likely N-dealkylation sites (N-methyl/N-ethyl adjacent to an activating group) is 1. The minimum atomic E-state index is -0.281. The summed E-state index contributed by atoms with van der Waals surface area (Å²) in [4.78, 5) is 0. The molecule has 3 atom stereocenters. The van der Waals surface area contributed by atoms with Gasteiger partial charge in [-0.2, -0.15) is 0 Å². The molecular formula is C10H17NO. The van der Waals surface area contributed by atoms with E-state index in [1.807, 2.05) is 26.1 Å². The van der Waals surface area contributed by atoms with Gasteiger partial charge in [0, 0.05) is 12.0 Å². The van der Waals surface area contributed by atoms with Gasteiger partial charge in [-0.3, -0.25) is 0 Å². The molecule has 1 aliphatic carbocycles. The molecule has 0 saturated heterocycles. The summed E-state index contributed by atoms with van der Waals surface area (Å²) in [5.41, 5.74) is 0. The van der Waals surface area contributed by atoms with Crippen LogP contribution in [0.5, 0.6) is 0 Å². The molecule has 0 unspecified atom stereocenters. The van der Waals surface area contributed by atoms with Crippen LogP contribution in [0.1, 0.15) is 13.3 Å². The van der Waals surface area contributed by atoms with Crippen molar-refractivity contribution >= 4 is 0 Å². The molecule has 0 spiro atoms. The molecule has 0 aromatic carbocycles. The number of nitrogens with one attached hydrogen (secondary N) is 1. The summed E-state index contributed by atoms with van der Waals surface area (Å²) in [7, 11) is 1.87. The molecule has 0 aromatic rings. The minimum Gasteiger partial charge on any atom is -0.391 e. The van der Waals surface area contributed by atoms with Crippen molar-refractivity contribution in [2.45, 2.75) is 25.5 Å². The van der Waals surface area contributed by atoms with Crippen molar-refractivity contribution < 1.29 is 5.11 Å². The Morgan fingerprint density at radius 3 is 2.75 bits per heavy atom. The number of aliphatic hydroxyl groups excluding tert-OH is 1. The Hall–Kier alpha value is -0.600. The maximum Gasteiger partial charge on any atom is 0.0755 e. The zero-order valence-electron chi connectivity index (χ0n) is 7.70. The summed E-state index contributed by atoms with van der Waals surface area (Å²) < 4.78 is 0. The molecule has 12 heavy (non-hydrogen) atoms. The molecule has 68 valence electrons. The fourth-order valence-electron chi connectivity index (χ4n) is 1.39. The van der Waals surface area contributed by atoms with Gasteiger partial charge in [0.1, 0.15) is 0 Å². The molecule has 0 aromatic heterocycles. The molecule has 1 aliphatic rings. The van der Waals surface area contributed by atoms with E-state index in [9.17, 15) is 5.11 Å².